The Labute approximate surface area is 210 Å². The van der Waals surface area contributed by atoms with Gasteiger partial charge in [0.15, 0.2) is 6.04 Å². The molecule has 0 aromatic heterocycles. The number of hydrogen-bond donors (Lipinski definition) is 6. The number of hydrogen-bond acceptors (Lipinski definition) is 8. The molecule has 0 bridgehead atoms. The van der Waals surface area contributed by atoms with E-state index in [2.05, 4.69) is 10.6 Å². The monoisotopic (exact) mass is 512 g/mol. The molecule has 11 nitrogen and oxygen atoms in total. The van der Waals surface area contributed by atoms with Gasteiger partial charge in [0.25, 0.3) is 0 Å². The van der Waals surface area contributed by atoms with Gasteiger partial charge < -0.3 is 36.6 Å². The second-order valence-corrected chi connectivity index (χ2v) is 9.45. The summed E-state index contributed by atoms with van der Waals surface area (Å²) in [5.41, 5.74) is 7.30. The average Bonchev–Trinajstić information content (AvgIpc) is 2.85. The molecule has 4 rings (SSSR count). The standard InChI is InChI=1S/C24H24N4O7S/c1-11-10-36-23-18(22(33)28(23)19(11)24(34)35)27-21(32)17(13-4-8-15(30)9-5-13)26-20(31)16(25)12-2-6-14(29)7-3-12/h2-10,16-19,23,29-30H,25H2,1H3,(H,26,31)(H,27,32)(H,34,35)/t16?,17-,18-,19-,23-/m1/s1. The predicted octanol–water partition coefficient (Wildman–Crippen LogP) is 0.712. The van der Waals surface area contributed by atoms with E-state index in [1.807, 2.05) is 0 Å². The van der Waals surface area contributed by atoms with Crippen LogP contribution >= 0.6 is 11.8 Å². The van der Waals surface area contributed by atoms with Crippen LogP contribution in [0.2, 0.25) is 0 Å². The zero-order valence-corrected chi connectivity index (χ0v) is 19.8. The molecule has 0 saturated carbocycles. The number of phenols is 2. The number of β-lactam (4-membered cyclic amide) rings is 1. The van der Waals surface area contributed by atoms with Gasteiger partial charge in [-0.1, -0.05) is 24.3 Å². The van der Waals surface area contributed by atoms with Gasteiger partial charge in [0, 0.05) is 0 Å². The molecule has 7 N–H and O–H groups in total. The minimum Gasteiger partial charge on any atom is -0.508 e. The lowest BCUT2D eigenvalue weighted by molar-refractivity contribution is -0.160. The summed E-state index contributed by atoms with van der Waals surface area (Å²) in [7, 11) is 0. The minimum atomic E-state index is -1.26. The zero-order valence-electron chi connectivity index (χ0n) is 19.0. The number of thioether (sulfide) groups is 1. The lowest BCUT2D eigenvalue weighted by Crippen LogP contribution is -2.74. The molecular weight excluding hydrogens is 488 g/mol. The summed E-state index contributed by atoms with van der Waals surface area (Å²) in [5.74, 6) is -3.14. The Kier molecular flexibility index (Phi) is 6.91. The summed E-state index contributed by atoms with van der Waals surface area (Å²) in [6.07, 6.45) is 0. The van der Waals surface area contributed by atoms with Crippen LogP contribution in [0.5, 0.6) is 11.5 Å². The van der Waals surface area contributed by atoms with E-state index in [9.17, 15) is 34.5 Å². The van der Waals surface area contributed by atoms with Gasteiger partial charge in [-0.3, -0.25) is 14.4 Å². The van der Waals surface area contributed by atoms with Gasteiger partial charge in [-0.25, -0.2) is 4.79 Å². The molecule has 3 amide bonds. The summed E-state index contributed by atoms with van der Waals surface area (Å²) in [5, 5.41) is 34.9. The maximum absolute atomic E-state index is 13.3. The smallest absolute Gasteiger partial charge is 0.330 e. The van der Waals surface area contributed by atoms with Crippen molar-refractivity contribution in [3.8, 4) is 11.5 Å². The van der Waals surface area contributed by atoms with Crippen LogP contribution in [0, 0.1) is 0 Å². The number of nitrogens with one attached hydrogen (secondary N) is 2. The fraction of sp³-hybridized carbons (Fsp3) is 0.250. The van der Waals surface area contributed by atoms with Crippen LogP contribution in [-0.4, -0.2) is 61.4 Å². The number of nitrogens with zero attached hydrogens (tertiary/aromatic N) is 1. The summed E-state index contributed by atoms with van der Waals surface area (Å²) in [4.78, 5) is 51.9. The van der Waals surface area contributed by atoms with Crippen molar-refractivity contribution in [3.63, 3.8) is 0 Å². The number of phenolic OH excluding ortho intramolecular Hbond substituents is 2. The molecule has 1 unspecified atom stereocenters. The molecule has 2 aliphatic rings. The third-order valence-electron chi connectivity index (χ3n) is 6.02. The van der Waals surface area contributed by atoms with Crippen LogP contribution < -0.4 is 16.4 Å². The normalized spacial score (nSPS) is 22.4. The molecule has 0 radical (unpaired) electrons. The molecule has 1 saturated heterocycles. The van der Waals surface area contributed by atoms with E-state index in [0.29, 0.717) is 16.7 Å². The molecule has 0 aliphatic carbocycles. The molecule has 12 heteroatoms. The summed E-state index contributed by atoms with van der Waals surface area (Å²) in [6, 6.07) is 6.79. The first kappa shape index (κ1) is 25.1. The number of amides is 3. The molecule has 2 aliphatic heterocycles. The van der Waals surface area contributed by atoms with Crippen molar-refractivity contribution < 1.29 is 34.5 Å². The first-order valence-corrected chi connectivity index (χ1v) is 11.8. The van der Waals surface area contributed by atoms with Gasteiger partial charge >= 0.3 is 5.97 Å². The van der Waals surface area contributed by atoms with Gasteiger partial charge in [0.1, 0.15) is 35.0 Å². The van der Waals surface area contributed by atoms with Gasteiger partial charge in [0.05, 0.1) is 0 Å². The fourth-order valence-corrected chi connectivity index (χ4v) is 5.26. The Balaban J connectivity index is 1.53. The Morgan fingerprint density at radius 3 is 2.08 bits per heavy atom. The molecule has 1 fully saturated rings. The number of carboxylic acids is 1. The van der Waals surface area contributed by atoms with Crippen molar-refractivity contribution in [2.24, 2.45) is 5.73 Å². The number of carboxylic acid groups (broad SMARTS) is 1. The largest absolute Gasteiger partial charge is 0.508 e. The predicted molar refractivity (Wildman–Crippen MR) is 129 cm³/mol. The molecule has 36 heavy (non-hydrogen) atoms. The van der Waals surface area contributed by atoms with Gasteiger partial charge in [-0.2, -0.15) is 0 Å². The van der Waals surface area contributed by atoms with Crippen molar-refractivity contribution in [1.82, 2.24) is 15.5 Å². The Morgan fingerprint density at radius 1 is 0.972 bits per heavy atom. The Hall–Kier alpha value is -4.03. The van der Waals surface area contributed by atoms with E-state index in [1.165, 1.54) is 65.2 Å². The number of benzene rings is 2. The van der Waals surface area contributed by atoms with E-state index in [0.717, 1.165) is 0 Å². The highest BCUT2D eigenvalue weighted by atomic mass is 32.2. The number of nitrogens with two attached hydrogens (primary N) is 1. The fourth-order valence-electron chi connectivity index (χ4n) is 4.08. The highest BCUT2D eigenvalue weighted by molar-refractivity contribution is 8.02. The molecule has 2 aromatic rings. The van der Waals surface area contributed by atoms with Gasteiger partial charge in [-0.15, -0.1) is 11.8 Å². The van der Waals surface area contributed by atoms with Crippen molar-refractivity contribution in [2.45, 2.75) is 36.5 Å². The third kappa shape index (κ3) is 4.72. The van der Waals surface area contributed by atoms with Crippen LogP contribution in [0.25, 0.3) is 0 Å². The zero-order chi connectivity index (χ0) is 26.1. The molecular formula is C24H24N4O7S. The summed E-state index contributed by atoms with van der Waals surface area (Å²) in [6.45, 7) is 1.62. The number of rotatable bonds is 7. The molecule has 5 atom stereocenters. The third-order valence-corrected chi connectivity index (χ3v) is 7.31. The van der Waals surface area contributed by atoms with Crippen LogP contribution in [0.1, 0.15) is 30.1 Å². The lowest BCUT2D eigenvalue weighted by Gasteiger charge is -2.51. The highest BCUT2D eigenvalue weighted by Crippen LogP contribution is 2.40. The number of fused-ring (bicyclic) bond motifs is 1. The minimum absolute atomic E-state index is 0.00248. The van der Waals surface area contributed by atoms with Crippen LogP contribution in [-0.2, 0) is 19.2 Å². The number of carbonyl (C=O) groups is 4. The van der Waals surface area contributed by atoms with Crippen molar-refractivity contribution in [3.05, 3.63) is 70.6 Å². The number of carbonyl (C=O) groups excluding carboxylic acids is 3. The maximum Gasteiger partial charge on any atom is 0.330 e. The first-order valence-electron chi connectivity index (χ1n) is 10.9. The second kappa shape index (κ2) is 9.91. The summed E-state index contributed by atoms with van der Waals surface area (Å²) < 4.78 is 0. The van der Waals surface area contributed by atoms with Gasteiger partial charge in [0.2, 0.25) is 17.7 Å². The van der Waals surface area contributed by atoms with E-state index in [4.69, 9.17) is 5.73 Å². The van der Waals surface area contributed by atoms with Crippen molar-refractivity contribution >= 4 is 35.5 Å². The molecule has 2 heterocycles. The number of aromatic hydroxyl groups is 2. The maximum atomic E-state index is 13.3. The van der Waals surface area contributed by atoms with Gasteiger partial charge in [-0.05, 0) is 53.3 Å². The van der Waals surface area contributed by atoms with E-state index in [1.54, 1.807) is 12.3 Å². The molecule has 0 spiro atoms. The van der Waals surface area contributed by atoms with E-state index < -0.39 is 53.2 Å². The molecule has 2 aromatic carbocycles. The highest BCUT2D eigenvalue weighted by Gasteiger charge is 2.55. The lowest BCUT2D eigenvalue weighted by atomic mass is 9.97. The Bertz CT molecular complexity index is 1230. The SMILES string of the molecule is CC1=CS[C@@H]2[C@H](NC(=O)[C@H](NC(=O)C(N)c3ccc(O)cc3)c3ccc(O)cc3)C(=O)N2[C@H]1C(=O)O. The van der Waals surface area contributed by atoms with Crippen molar-refractivity contribution in [1.29, 1.82) is 0 Å². The summed E-state index contributed by atoms with van der Waals surface area (Å²) >= 11 is 1.23. The second-order valence-electron chi connectivity index (χ2n) is 8.46. The molecule has 188 valence electrons. The van der Waals surface area contributed by atoms with E-state index >= 15 is 0 Å². The topological polar surface area (TPSA) is 182 Å². The van der Waals surface area contributed by atoms with Crippen LogP contribution in [0.15, 0.2) is 59.5 Å². The first-order chi connectivity index (χ1) is 17.1. The quantitative estimate of drug-likeness (QED) is 0.291. The van der Waals surface area contributed by atoms with Crippen LogP contribution in [0.3, 0.4) is 0 Å². The Morgan fingerprint density at radius 2 is 1.53 bits per heavy atom. The van der Waals surface area contributed by atoms with E-state index in [-0.39, 0.29) is 11.5 Å². The van der Waals surface area contributed by atoms with Crippen molar-refractivity contribution in [2.75, 3.05) is 0 Å². The number of aliphatic carboxylic acids is 1. The average molecular weight is 513 g/mol. The van der Waals surface area contributed by atoms with Crippen LogP contribution in [0.4, 0.5) is 0 Å².